The highest BCUT2D eigenvalue weighted by Crippen LogP contribution is 2.12. The van der Waals surface area contributed by atoms with E-state index in [0.29, 0.717) is 32.2 Å². The second-order valence-corrected chi connectivity index (χ2v) is 5.68. The van der Waals surface area contributed by atoms with Crippen LogP contribution in [0.3, 0.4) is 0 Å². The predicted octanol–water partition coefficient (Wildman–Crippen LogP) is 0.382. The van der Waals surface area contributed by atoms with Crippen molar-refractivity contribution in [3.8, 4) is 0 Å². The van der Waals surface area contributed by atoms with Crippen LogP contribution in [-0.4, -0.2) is 50.5 Å². The third-order valence-electron chi connectivity index (χ3n) is 2.55. The van der Waals surface area contributed by atoms with Crippen molar-refractivity contribution in [2.75, 3.05) is 33.4 Å². The second-order valence-electron chi connectivity index (χ2n) is 5.68. The van der Waals surface area contributed by atoms with Gasteiger partial charge in [-0.1, -0.05) is 13.8 Å². The molecule has 0 fully saturated rings. The monoisotopic (exact) mass is 260 g/mol. The van der Waals surface area contributed by atoms with E-state index >= 15 is 0 Å². The lowest BCUT2D eigenvalue weighted by atomic mass is 9.92. The fourth-order valence-electron chi connectivity index (χ4n) is 1.47. The first-order chi connectivity index (χ1) is 8.29. The zero-order valence-electron chi connectivity index (χ0n) is 12.2. The van der Waals surface area contributed by atoms with Crippen molar-refractivity contribution < 1.29 is 14.6 Å². The number of amides is 1. The molecule has 1 atom stereocenters. The van der Waals surface area contributed by atoms with Gasteiger partial charge in [-0.05, 0) is 19.8 Å². The summed E-state index contributed by atoms with van der Waals surface area (Å²) in [7, 11) is 1.62. The summed E-state index contributed by atoms with van der Waals surface area (Å²) in [5.41, 5.74) is -0.479. The zero-order chi connectivity index (χ0) is 14.2. The molecule has 0 saturated carbocycles. The van der Waals surface area contributed by atoms with Crippen molar-refractivity contribution in [2.45, 2.75) is 33.8 Å². The molecule has 1 unspecified atom stereocenters. The van der Waals surface area contributed by atoms with Gasteiger partial charge in [-0.3, -0.25) is 4.79 Å². The normalized spacial score (nSPS) is 13.7. The van der Waals surface area contributed by atoms with Crippen LogP contribution in [0.2, 0.25) is 0 Å². The highest BCUT2D eigenvalue weighted by Gasteiger charge is 2.26. The van der Waals surface area contributed by atoms with Crippen LogP contribution in [0.1, 0.15) is 27.7 Å². The van der Waals surface area contributed by atoms with Crippen molar-refractivity contribution in [3.63, 3.8) is 0 Å². The summed E-state index contributed by atoms with van der Waals surface area (Å²) in [5.74, 6) is 0.456. The van der Waals surface area contributed by atoms with Crippen LogP contribution in [0.4, 0.5) is 0 Å². The Morgan fingerprint density at radius 3 is 2.44 bits per heavy atom. The molecular formula is C13H28N2O3. The molecule has 0 aliphatic rings. The Bertz CT molecular complexity index is 242. The van der Waals surface area contributed by atoms with Gasteiger partial charge in [0.15, 0.2) is 0 Å². The first-order valence-electron chi connectivity index (χ1n) is 6.48. The second kappa shape index (κ2) is 8.45. The van der Waals surface area contributed by atoms with Gasteiger partial charge < -0.3 is 20.5 Å². The minimum absolute atomic E-state index is 0.0134. The van der Waals surface area contributed by atoms with Crippen molar-refractivity contribution in [1.82, 2.24) is 10.6 Å². The minimum Gasteiger partial charge on any atom is -0.389 e. The molecule has 1 amide bonds. The van der Waals surface area contributed by atoms with Crippen molar-refractivity contribution in [3.05, 3.63) is 0 Å². The number of carbonyl (C=O) groups excluding carboxylic acids is 1. The Balaban J connectivity index is 3.73. The Kier molecular flexibility index (Phi) is 8.15. The molecule has 5 heteroatoms. The Labute approximate surface area is 110 Å². The number of hydrogen-bond acceptors (Lipinski definition) is 4. The maximum atomic E-state index is 11.5. The van der Waals surface area contributed by atoms with Gasteiger partial charge in [-0.15, -0.1) is 0 Å². The van der Waals surface area contributed by atoms with Gasteiger partial charge in [-0.25, -0.2) is 0 Å². The van der Waals surface area contributed by atoms with Crippen LogP contribution < -0.4 is 10.6 Å². The smallest absolute Gasteiger partial charge is 0.226 e. The third kappa shape index (κ3) is 7.63. The van der Waals surface area contributed by atoms with E-state index < -0.39 is 11.5 Å². The van der Waals surface area contributed by atoms with Crippen LogP contribution in [0.5, 0.6) is 0 Å². The van der Waals surface area contributed by atoms with Crippen LogP contribution in [0.25, 0.3) is 0 Å². The summed E-state index contributed by atoms with van der Waals surface area (Å²) in [6, 6.07) is 0. The van der Waals surface area contributed by atoms with E-state index in [1.807, 2.05) is 13.8 Å². The summed E-state index contributed by atoms with van der Waals surface area (Å²) in [5, 5.41) is 15.4. The molecule has 0 aliphatic heterocycles. The largest absolute Gasteiger partial charge is 0.389 e. The van der Waals surface area contributed by atoms with E-state index in [-0.39, 0.29) is 5.91 Å². The molecule has 0 spiro atoms. The third-order valence-corrected chi connectivity index (χ3v) is 2.55. The maximum Gasteiger partial charge on any atom is 0.226 e. The van der Waals surface area contributed by atoms with Gasteiger partial charge in [0.05, 0.1) is 18.1 Å². The van der Waals surface area contributed by atoms with E-state index in [1.54, 1.807) is 7.05 Å². The molecule has 0 radical (unpaired) electrons. The van der Waals surface area contributed by atoms with Gasteiger partial charge in [0.2, 0.25) is 5.91 Å². The van der Waals surface area contributed by atoms with Gasteiger partial charge in [0.25, 0.3) is 0 Å². The number of hydrogen-bond donors (Lipinski definition) is 3. The number of ether oxygens (including phenoxy) is 1. The predicted molar refractivity (Wildman–Crippen MR) is 72.4 cm³/mol. The van der Waals surface area contributed by atoms with Crippen molar-refractivity contribution in [2.24, 2.45) is 11.3 Å². The lowest BCUT2D eigenvalue weighted by Gasteiger charge is -2.23. The molecular weight excluding hydrogens is 232 g/mol. The molecule has 18 heavy (non-hydrogen) atoms. The fraction of sp³-hybridized carbons (Fsp3) is 0.923. The lowest BCUT2D eigenvalue weighted by molar-refractivity contribution is -0.128. The van der Waals surface area contributed by atoms with Crippen LogP contribution in [0.15, 0.2) is 0 Å². The highest BCUT2D eigenvalue weighted by molar-refractivity contribution is 5.81. The van der Waals surface area contributed by atoms with Crippen LogP contribution in [-0.2, 0) is 9.53 Å². The maximum absolute atomic E-state index is 11.5. The molecule has 0 rings (SSSR count). The molecule has 0 aromatic carbocycles. The van der Waals surface area contributed by atoms with E-state index in [0.717, 1.165) is 0 Å². The van der Waals surface area contributed by atoms with E-state index in [2.05, 4.69) is 24.5 Å². The summed E-state index contributed by atoms with van der Waals surface area (Å²) < 4.78 is 5.34. The van der Waals surface area contributed by atoms with Crippen LogP contribution in [0, 0.1) is 11.3 Å². The van der Waals surface area contributed by atoms with Gasteiger partial charge in [0.1, 0.15) is 0 Å². The molecule has 108 valence electrons. The number of aliphatic hydroxyl groups excluding tert-OH is 1. The van der Waals surface area contributed by atoms with E-state index in [9.17, 15) is 9.90 Å². The summed E-state index contributed by atoms with van der Waals surface area (Å²) >= 11 is 0. The number of nitrogens with one attached hydrogen (secondary N) is 2. The standard InChI is InChI=1S/C13H28N2O3/c1-10(2)7-18-8-11(16)6-15-9-13(3,4)12(17)14-5/h10-11,15-16H,6-9H2,1-5H3,(H,14,17). The fourth-order valence-corrected chi connectivity index (χ4v) is 1.47. The van der Waals surface area contributed by atoms with Gasteiger partial charge >= 0.3 is 0 Å². The van der Waals surface area contributed by atoms with Crippen LogP contribution >= 0.6 is 0 Å². The molecule has 0 heterocycles. The molecule has 0 saturated heterocycles. The molecule has 0 aromatic rings. The SMILES string of the molecule is CNC(=O)C(C)(C)CNCC(O)COCC(C)C. The van der Waals surface area contributed by atoms with Gasteiger partial charge in [-0.2, -0.15) is 0 Å². The summed E-state index contributed by atoms with van der Waals surface area (Å²) in [6.07, 6.45) is -0.538. The number of rotatable bonds is 9. The van der Waals surface area contributed by atoms with E-state index in [4.69, 9.17) is 4.74 Å². The quantitative estimate of drug-likeness (QED) is 0.560. The van der Waals surface area contributed by atoms with Crippen molar-refractivity contribution >= 4 is 5.91 Å². The Morgan fingerprint density at radius 1 is 1.33 bits per heavy atom. The lowest BCUT2D eigenvalue weighted by Crippen LogP contribution is -2.44. The average molecular weight is 260 g/mol. The number of aliphatic hydroxyl groups is 1. The Morgan fingerprint density at radius 2 is 1.94 bits per heavy atom. The first kappa shape index (κ1) is 17.4. The molecule has 0 bridgehead atoms. The molecule has 3 N–H and O–H groups in total. The number of carbonyl (C=O) groups is 1. The Hall–Kier alpha value is -0.650. The molecule has 0 aliphatic carbocycles. The highest BCUT2D eigenvalue weighted by atomic mass is 16.5. The van der Waals surface area contributed by atoms with Gasteiger partial charge in [0, 0.05) is 26.7 Å². The topological polar surface area (TPSA) is 70.6 Å². The van der Waals surface area contributed by atoms with Crippen molar-refractivity contribution in [1.29, 1.82) is 0 Å². The summed E-state index contributed by atoms with van der Waals surface area (Å²) in [4.78, 5) is 11.5. The first-order valence-corrected chi connectivity index (χ1v) is 6.48. The minimum atomic E-state index is -0.538. The average Bonchev–Trinajstić information content (AvgIpc) is 2.27. The zero-order valence-corrected chi connectivity index (χ0v) is 12.2. The molecule has 5 nitrogen and oxygen atoms in total. The summed E-state index contributed by atoms with van der Waals surface area (Å²) in [6.45, 7) is 9.78. The molecule has 0 aromatic heterocycles. The van der Waals surface area contributed by atoms with E-state index in [1.165, 1.54) is 0 Å².